The number of nitrogens with one attached hydrogen (secondary N) is 1. The quantitative estimate of drug-likeness (QED) is 0.669. The summed E-state index contributed by atoms with van der Waals surface area (Å²) in [7, 11) is 0. The van der Waals surface area contributed by atoms with Crippen molar-refractivity contribution in [2.45, 2.75) is 6.92 Å². The fourth-order valence-electron chi connectivity index (χ4n) is 1.67. The van der Waals surface area contributed by atoms with E-state index in [0.29, 0.717) is 16.9 Å². The number of carbonyl (C=O) groups is 1. The van der Waals surface area contributed by atoms with Gasteiger partial charge < -0.3 is 11.1 Å². The summed E-state index contributed by atoms with van der Waals surface area (Å²) < 4.78 is 0. The number of halogens is 1. The summed E-state index contributed by atoms with van der Waals surface area (Å²) in [5.41, 5.74) is 6.81. The number of nitro benzene ring substituents is 1. The molecule has 2 rings (SSSR count). The van der Waals surface area contributed by atoms with Crippen LogP contribution in [-0.4, -0.2) is 15.8 Å². The van der Waals surface area contributed by atoms with Gasteiger partial charge in [0.05, 0.1) is 16.8 Å². The van der Waals surface area contributed by atoms with Crippen LogP contribution in [0.4, 0.5) is 17.1 Å². The highest BCUT2D eigenvalue weighted by Gasteiger charge is 2.17. The largest absolute Gasteiger partial charge is 0.397 e. The molecular formula is C13H11ClN4O3. The molecule has 0 fully saturated rings. The van der Waals surface area contributed by atoms with Crippen molar-refractivity contribution in [3.8, 4) is 0 Å². The van der Waals surface area contributed by atoms with Gasteiger partial charge in [-0.1, -0.05) is 11.6 Å². The molecular weight excluding hydrogens is 296 g/mol. The molecule has 0 saturated heterocycles. The van der Waals surface area contributed by atoms with Crippen molar-refractivity contribution in [3.05, 3.63) is 56.9 Å². The van der Waals surface area contributed by atoms with E-state index in [1.807, 2.05) is 0 Å². The molecule has 0 aliphatic rings. The molecule has 0 saturated carbocycles. The van der Waals surface area contributed by atoms with E-state index in [1.54, 1.807) is 13.0 Å². The van der Waals surface area contributed by atoms with Crippen LogP contribution in [0.3, 0.4) is 0 Å². The zero-order chi connectivity index (χ0) is 15.6. The molecule has 8 heteroatoms. The molecule has 0 unspecified atom stereocenters. The number of pyridine rings is 1. The van der Waals surface area contributed by atoms with Gasteiger partial charge in [-0.3, -0.25) is 14.9 Å². The molecule has 1 aromatic heterocycles. The van der Waals surface area contributed by atoms with E-state index in [4.69, 9.17) is 17.3 Å². The molecule has 0 aliphatic heterocycles. The second kappa shape index (κ2) is 5.76. The number of carbonyl (C=O) groups excluding carboxylic acids is 1. The van der Waals surface area contributed by atoms with E-state index < -0.39 is 10.8 Å². The lowest BCUT2D eigenvalue weighted by molar-refractivity contribution is -0.384. The van der Waals surface area contributed by atoms with Gasteiger partial charge in [0.25, 0.3) is 11.6 Å². The lowest BCUT2D eigenvalue weighted by atomic mass is 10.1. The van der Waals surface area contributed by atoms with Crippen molar-refractivity contribution in [2.75, 3.05) is 11.1 Å². The molecule has 0 aliphatic carbocycles. The van der Waals surface area contributed by atoms with Crippen molar-refractivity contribution in [3.63, 3.8) is 0 Å². The van der Waals surface area contributed by atoms with Crippen LogP contribution in [0.5, 0.6) is 0 Å². The maximum absolute atomic E-state index is 12.0. The first-order chi connectivity index (χ1) is 9.88. The number of aryl methyl sites for hydroxylation is 1. The number of nitro groups is 1. The predicted octanol–water partition coefficient (Wildman–Crippen LogP) is 2.79. The Hall–Kier alpha value is -2.67. The maximum atomic E-state index is 12.0. The zero-order valence-electron chi connectivity index (χ0n) is 11.0. The molecule has 21 heavy (non-hydrogen) atoms. The standard InChI is InChI=1S/C13H11ClN4O3/c1-7-4-12(18(20)21)9(14)5-11(7)17-13(19)10-3-2-8(15)6-16-10/h2-6H,15H2,1H3,(H,17,19). The average molecular weight is 307 g/mol. The molecule has 1 aromatic carbocycles. The third-order valence-electron chi connectivity index (χ3n) is 2.76. The van der Waals surface area contributed by atoms with Crippen LogP contribution in [0.2, 0.25) is 5.02 Å². The lowest BCUT2D eigenvalue weighted by Gasteiger charge is -2.09. The number of anilines is 2. The molecule has 3 N–H and O–H groups in total. The summed E-state index contributed by atoms with van der Waals surface area (Å²) in [6.07, 6.45) is 1.37. The molecule has 0 spiro atoms. The van der Waals surface area contributed by atoms with Gasteiger partial charge in [-0.2, -0.15) is 0 Å². The maximum Gasteiger partial charge on any atom is 0.288 e. The van der Waals surface area contributed by atoms with Gasteiger partial charge in [0.15, 0.2) is 0 Å². The number of aromatic nitrogens is 1. The van der Waals surface area contributed by atoms with Crippen molar-refractivity contribution in [1.82, 2.24) is 4.98 Å². The minimum Gasteiger partial charge on any atom is -0.397 e. The predicted molar refractivity (Wildman–Crippen MR) is 79.4 cm³/mol. The summed E-state index contributed by atoms with van der Waals surface area (Å²) >= 11 is 5.82. The Morgan fingerprint density at radius 2 is 2.14 bits per heavy atom. The van der Waals surface area contributed by atoms with Gasteiger partial charge in [0, 0.05) is 11.8 Å². The fraction of sp³-hybridized carbons (Fsp3) is 0.0769. The molecule has 0 atom stereocenters. The van der Waals surface area contributed by atoms with Gasteiger partial charge in [-0.15, -0.1) is 0 Å². The lowest BCUT2D eigenvalue weighted by Crippen LogP contribution is -2.14. The Morgan fingerprint density at radius 1 is 1.43 bits per heavy atom. The van der Waals surface area contributed by atoms with Crippen LogP contribution in [-0.2, 0) is 0 Å². The average Bonchev–Trinajstić information content (AvgIpc) is 2.42. The van der Waals surface area contributed by atoms with Crippen molar-refractivity contribution in [2.24, 2.45) is 0 Å². The van der Waals surface area contributed by atoms with E-state index in [9.17, 15) is 14.9 Å². The van der Waals surface area contributed by atoms with Crippen molar-refractivity contribution >= 4 is 34.6 Å². The Morgan fingerprint density at radius 3 is 2.71 bits per heavy atom. The highest BCUT2D eigenvalue weighted by molar-refractivity contribution is 6.33. The van der Waals surface area contributed by atoms with E-state index in [1.165, 1.54) is 24.4 Å². The molecule has 0 bridgehead atoms. The van der Waals surface area contributed by atoms with Gasteiger partial charge in [-0.05, 0) is 30.7 Å². The first-order valence-electron chi connectivity index (χ1n) is 5.86. The number of amides is 1. The fourth-order valence-corrected chi connectivity index (χ4v) is 1.90. The summed E-state index contributed by atoms with van der Waals surface area (Å²) in [6, 6.07) is 5.67. The van der Waals surface area contributed by atoms with Crippen LogP contribution in [0.25, 0.3) is 0 Å². The number of nitrogens with zero attached hydrogens (tertiary/aromatic N) is 2. The molecule has 7 nitrogen and oxygen atoms in total. The zero-order valence-corrected chi connectivity index (χ0v) is 11.7. The van der Waals surface area contributed by atoms with Crippen LogP contribution in [0.15, 0.2) is 30.5 Å². The monoisotopic (exact) mass is 306 g/mol. The normalized spacial score (nSPS) is 10.2. The third-order valence-corrected chi connectivity index (χ3v) is 3.06. The van der Waals surface area contributed by atoms with Crippen LogP contribution in [0, 0.1) is 17.0 Å². The number of nitrogen functional groups attached to an aromatic ring is 1. The first-order valence-corrected chi connectivity index (χ1v) is 6.23. The minimum absolute atomic E-state index is 0.0498. The highest BCUT2D eigenvalue weighted by atomic mass is 35.5. The van der Waals surface area contributed by atoms with Crippen molar-refractivity contribution in [1.29, 1.82) is 0 Å². The summed E-state index contributed by atoms with van der Waals surface area (Å²) in [5, 5.41) is 13.3. The van der Waals surface area contributed by atoms with Crippen LogP contribution in [0.1, 0.15) is 16.1 Å². The first kappa shape index (κ1) is 14.7. The topological polar surface area (TPSA) is 111 Å². The number of hydrogen-bond acceptors (Lipinski definition) is 5. The van der Waals surface area contributed by atoms with Gasteiger partial charge in [-0.25, -0.2) is 4.98 Å². The van der Waals surface area contributed by atoms with Crippen LogP contribution < -0.4 is 11.1 Å². The number of nitrogens with two attached hydrogens (primary N) is 1. The summed E-state index contributed by atoms with van der Waals surface area (Å²) in [4.78, 5) is 26.1. The molecule has 1 heterocycles. The van der Waals surface area contributed by atoms with Gasteiger partial charge in [0.1, 0.15) is 10.7 Å². The van der Waals surface area contributed by atoms with E-state index in [2.05, 4.69) is 10.3 Å². The number of benzene rings is 1. The van der Waals surface area contributed by atoms with Gasteiger partial charge in [0.2, 0.25) is 0 Å². The molecule has 1 amide bonds. The molecule has 2 aromatic rings. The Kier molecular flexibility index (Phi) is 4.04. The van der Waals surface area contributed by atoms with Crippen molar-refractivity contribution < 1.29 is 9.72 Å². The second-order valence-corrected chi connectivity index (χ2v) is 4.71. The Bertz CT molecular complexity index is 716. The van der Waals surface area contributed by atoms with E-state index in [-0.39, 0.29) is 16.4 Å². The minimum atomic E-state index is -0.581. The number of hydrogen-bond donors (Lipinski definition) is 2. The number of rotatable bonds is 3. The van der Waals surface area contributed by atoms with Gasteiger partial charge >= 0.3 is 0 Å². The summed E-state index contributed by atoms with van der Waals surface area (Å²) in [5.74, 6) is -0.456. The second-order valence-electron chi connectivity index (χ2n) is 4.31. The molecule has 108 valence electrons. The van der Waals surface area contributed by atoms with E-state index >= 15 is 0 Å². The molecule has 0 radical (unpaired) electrons. The Labute approximate surface area is 124 Å². The Balaban J connectivity index is 2.27. The summed E-state index contributed by atoms with van der Waals surface area (Å²) in [6.45, 7) is 1.63. The van der Waals surface area contributed by atoms with Crippen LogP contribution >= 0.6 is 11.6 Å². The highest BCUT2D eigenvalue weighted by Crippen LogP contribution is 2.30. The van der Waals surface area contributed by atoms with E-state index in [0.717, 1.165) is 0 Å². The smallest absolute Gasteiger partial charge is 0.288 e. The SMILES string of the molecule is Cc1cc([N+](=O)[O-])c(Cl)cc1NC(=O)c1ccc(N)cn1. The third kappa shape index (κ3) is 3.26.